The van der Waals surface area contributed by atoms with Crippen molar-refractivity contribution < 1.29 is 14.0 Å². The van der Waals surface area contributed by atoms with Gasteiger partial charge < -0.3 is 14.0 Å². The number of ether oxygens (including phenoxy) is 2. The van der Waals surface area contributed by atoms with Gasteiger partial charge in [-0.05, 0) is 32.3 Å². The van der Waals surface area contributed by atoms with Gasteiger partial charge in [-0.3, -0.25) is 9.58 Å². The lowest BCUT2D eigenvalue weighted by molar-refractivity contribution is -0.00136. The summed E-state index contributed by atoms with van der Waals surface area (Å²) in [5.74, 6) is 0.904. The standard InChI is InChI=1S/C18H28N4O3/c1-13-16(14(2)25-20-13)12-22-6-5-18(24-8-7-23-4)17(22)9-15-10-19-21(3)11-15/h10-11,17-18H,5-9,12H2,1-4H3/t17-,18+/m0/s1. The fraction of sp³-hybridized carbons (Fsp3) is 0.667. The lowest BCUT2D eigenvalue weighted by Crippen LogP contribution is -2.38. The summed E-state index contributed by atoms with van der Waals surface area (Å²) >= 11 is 0. The Bertz CT molecular complexity index is 662. The van der Waals surface area contributed by atoms with Crippen molar-refractivity contribution in [3.8, 4) is 0 Å². The molecule has 0 N–H and O–H groups in total. The maximum Gasteiger partial charge on any atom is 0.138 e. The average Bonchev–Trinajstić information content (AvgIpc) is 3.25. The van der Waals surface area contributed by atoms with E-state index in [2.05, 4.69) is 21.4 Å². The third kappa shape index (κ3) is 4.29. The minimum absolute atomic E-state index is 0.204. The van der Waals surface area contributed by atoms with E-state index in [0.29, 0.717) is 19.3 Å². The van der Waals surface area contributed by atoms with E-state index in [1.165, 1.54) is 11.1 Å². The third-order valence-electron chi connectivity index (χ3n) is 4.96. The normalized spacial score (nSPS) is 21.3. The first kappa shape index (κ1) is 18.1. The SMILES string of the molecule is COCCO[C@@H]1CCN(Cc2c(C)noc2C)[C@H]1Cc1cnn(C)c1. The van der Waals surface area contributed by atoms with Gasteiger partial charge in [0.05, 0.1) is 31.2 Å². The van der Waals surface area contributed by atoms with Crippen molar-refractivity contribution in [1.29, 1.82) is 0 Å². The maximum atomic E-state index is 6.11. The Morgan fingerprint density at radius 1 is 1.32 bits per heavy atom. The number of likely N-dealkylation sites (tertiary alicyclic amines) is 1. The molecule has 138 valence electrons. The summed E-state index contributed by atoms with van der Waals surface area (Å²) in [4.78, 5) is 2.48. The first-order valence-electron chi connectivity index (χ1n) is 8.82. The molecular weight excluding hydrogens is 320 g/mol. The number of hydrogen-bond acceptors (Lipinski definition) is 6. The van der Waals surface area contributed by atoms with Crippen molar-refractivity contribution in [2.24, 2.45) is 7.05 Å². The summed E-state index contributed by atoms with van der Waals surface area (Å²) in [6.45, 7) is 7.09. The molecule has 2 aromatic rings. The van der Waals surface area contributed by atoms with Crippen molar-refractivity contribution >= 4 is 0 Å². The second kappa shape index (κ2) is 8.12. The first-order chi connectivity index (χ1) is 12.1. The van der Waals surface area contributed by atoms with E-state index < -0.39 is 0 Å². The van der Waals surface area contributed by atoms with Crippen LogP contribution in [0.2, 0.25) is 0 Å². The predicted octanol–water partition coefficient (Wildman–Crippen LogP) is 1.87. The smallest absolute Gasteiger partial charge is 0.138 e. The number of rotatable bonds is 8. The summed E-state index contributed by atoms with van der Waals surface area (Å²) < 4.78 is 18.4. The van der Waals surface area contributed by atoms with Gasteiger partial charge in [0, 0.05) is 45.0 Å². The topological polar surface area (TPSA) is 65.6 Å². The molecule has 0 unspecified atom stereocenters. The van der Waals surface area contributed by atoms with E-state index in [0.717, 1.165) is 37.4 Å². The molecule has 0 saturated carbocycles. The van der Waals surface area contributed by atoms with Crippen LogP contribution < -0.4 is 0 Å². The molecule has 0 aromatic carbocycles. The van der Waals surface area contributed by atoms with Crippen molar-refractivity contribution in [1.82, 2.24) is 19.8 Å². The van der Waals surface area contributed by atoms with Crippen LogP contribution in [0, 0.1) is 13.8 Å². The molecule has 2 aromatic heterocycles. The molecule has 1 aliphatic heterocycles. The molecule has 0 radical (unpaired) electrons. The van der Waals surface area contributed by atoms with Crippen LogP contribution in [-0.4, -0.2) is 58.9 Å². The Kier molecular flexibility index (Phi) is 5.88. The monoisotopic (exact) mass is 348 g/mol. The fourth-order valence-electron chi connectivity index (χ4n) is 3.57. The van der Waals surface area contributed by atoms with Gasteiger partial charge in [-0.1, -0.05) is 5.16 Å². The Hall–Kier alpha value is -1.70. The number of hydrogen-bond donors (Lipinski definition) is 0. The quantitative estimate of drug-likeness (QED) is 0.679. The van der Waals surface area contributed by atoms with Gasteiger partial charge in [-0.2, -0.15) is 5.10 Å². The molecule has 0 amide bonds. The maximum absolute atomic E-state index is 6.11. The molecule has 3 rings (SSSR count). The summed E-state index contributed by atoms with van der Waals surface area (Å²) in [6.07, 6.45) is 6.18. The van der Waals surface area contributed by atoms with Gasteiger partial charge in [0.25, 0.3) is 0 Å². The second-order valence-electron chi connectivity index (χ2n) is 6.76. The van der Waals surface area contributed by atoms with E-state index in [1.54, 1.807) is 7.11 Å². The Morgan fingerprint density at radius 2 is 2.16 bits per heavy atom. The van der Waals surface area contributed by atoms with Crippen molar-refractivity contribution in [3.63, 3.8) is 0 Å². The zero-order chi connectivity index (χ0) is 17.8. The van der Waals surface area contributed by atoms with Gasteiger partial charge in [0.2, 0.25) is 0 Å². The van der Waals surface area contributed by atoms with Crippen LogP contribution in [0.5, 0.6) is 0 Å². The molecule has 1 aliphatic rings. The van der Waals surface area contributed by atoms with Crippen LogP contribution >= 0.6 is 0 Å². The highest BCUT2D eigenvalue weighted by Gasteiger charge is 2.35. The van der Waals surface area contributed by atoms with Crippen molar-refractivity contribution in [2.45, 2.75) is 45.4 Å². The highest BCUT2D eigenvalue weighted by molar-refractivity contribution is 5.21. The minimum Gasteiger partial charge on any atom is -0.382 e. The Morgan fingerprint density at radius 3 is 2.80 bits per heavy atom. The number of nitrogens with zero attached hydrogens (tertiary/aromatic N) is 4. The lowest BCUT2D eigenvalue weighted by atomic mass is 10.0. The van der Waals surface area contributed by atoms with E-state index >= 15 is 0 Å². The number of methoxy groups -OCH3 is 1. The molecule has 7 heteroatoms. The van der Waals surface area contributed by atoms with Crippen LogP contribution in [0.15, 0.2) is 16.9 Å². The van der Waals surface area contributed by atoms with Crippen molar-refractivity contribution in [3.05, 3.63) is 35.0 Å². The fourth-order valence-corrected chi connectivity index (χ4v) is 3.57. The molecule has 25 heavy (non-hydrogen) atoms. The largest absolute Gasteiger partial charge is 0.382 e. The summed E-state index contributed by atoms with van der Waals surface area (Å²) in [5, 5.41) is 8.39. The molecule has 1 fully saturated rings. The molecule has 7 nitrogen and oxygen atoms in total. The predicted molar refractivity (Wildman–Crippen MR) is 93.3 cm³/mol. The highest BCUT2D eigenvalue weighted by atomic mass is 16.5. The Balaban J connectivity index is 1.73. The van der Waals surface area contributed by atoms with Gasteiger partial charge in [0.1, 0.15) is 5.76 Å². The van der Waals surface area contributed by atoms with Gasteiger partial charge in [-0.15, -0.1) is 0 Å². The molecule has 1 saturated heterocycles. The van der Waals surface area contributed by atoms with Gasteiger partial charge >= 0.3 is 0 Å². The summed E-state index contributed by atoms with van der Waals surface area (Å²) in [5.41, 5.74) is 3.40. The molecule has 2 atom stereocenters. The van der Waals surface area contributed by atoms with Crippen LogP contribution in [0.4, 0.5) is 0 Å². The molecular formula is C18H28N4O3. The van der Waals surface area contributed by atoms with Crippen molar-refractivity contribution in [2.75, 3.05) is 26.9 Å². The third-order valence-corrected chi connectivity index (χ3v) is 4.96. The van der Waals surface area contributed by atoms with E-state index in [-0.39, 0.29) is 6.10 Å². The molecule has 0 bridgehead atoms. The van der Waals surface area contributed by atoms with E-state index in [1.807, 2.05) is 31.8 Å². The highest BCUT2D eigenvalue weighted by Crippen LogP contribution is 2.27. The second-order valence-corrected chi connectivity index (χ2v) is 6.76. The lowest BCUT2D eigenvalue weighted by Gasteiger charge is -2.28. The first-order valence-corrected chi connectivity index (χ1v) is 8.82. The minimum atomic E-state index is 0.204. The molecule has 0 spiro atoms. The van der Waals surface area contributed by atoms with E-state index in [4.69, 9.17) is 14.0 Å². The van der Waals surface area contributed by atoms with Gasteiger partial charge in [0.15, 0.2) is 0 Å². The molecule has 3 heterocycles. The summed E-state index contributed by atoms with van der Waals surface area (Å²) in [6, 6.07) is 0.315. The number of aryl methyl sites for hydroxylation is 3. The average molecular weight is 348 g/mol. The Labute approximate surface area is 148 Å². The van der Waals surface area contributed by atoms with Crippen LogP contribution in [-0.2, 0) is 29.5 Å². The zero-order valence-electron chi connectivity index (χ0n) is 15.6. The van der Waals surface area contributed by atoms with Crippen LogP contribution in [0.1, 0.15) is 29.0 Å². The van der Waals surface area contributed by atoms with Gasteiger partial charge in [-0.25, -0.2) is 0 Å². The van der Waals surface area contributed by atoms with E-state index in [9.17, 15) is 0 Å². The number of aromatic nitrogens is 3. The van der Waals surface area contributed by atoms with Crippen LogP contribution in [0.25, 0.3) is 0 Å². The zero-order valence-corrected chi connectivity index (χ0v) is 15.6. The molecule has 0 aliphatic carbocycles. The van der Waals surface area contributed by atoms with Crippen LogP contribution in [0.3, 0.4) is 0 Å². The summed E-state index contributed by atoms with van der Waals surface area (Å²) in [7, 11) is 3.65.